The van der Waals surface area contributed by atoms with E-state index in [9.17, 15) is 14.4 Å². The van der Waals surface area contributed by atoms with Gasteiger partial charge in [-0.25, -0.2) is 4.98 Å². The van der Waals surface area contributed by atoms with E-state index in [-0.39, 0.29) is 43.0 Å². The van der Waals surface area contributed by atoms with Gasteiger partial charge in [0, 0.05) is 31.5 Å². The van der Waals surface area contributed by atoms with E-state index >= 15 is 0 Å². The summed E-state index contributed by atoms with van der Waals surface area (Å²) in [4.78, 5) is 47.8. The maximum absolute atomic E-state index is 13.7. The number of benzene rings is 2. The highest BCUT2D eigenvalue weighted by molar-refractivity contribution is 7.22. The molecule has 4 rings (SSSR count). The Balaban J connectivity index is 0.00000342. The molecule has 1 fully saturated rings. The van der Waals surface area contributed by atoms with Crippen molar-refractivity contribution in [2.75, 3.05) is 36.0 Å². The monoisotopic (exact) mass is 514 g/mol. The second-order valence-corrected chi connectivity index (χ2v) is 9.59. The molecule has 2 aromatic carbocycles. The normalized spacial score (nSPS) is 13.6. The maximum Gasteiger partial charge on any atom is 0.260 e. The third-order valence-electron chi connectivity index (χ3n) is 6.25. The molecule has 0 aliphatic carbocycles. The molecule has 7 nitrogen and oxygen atoms in total. The summed E-state index contributed by atoms with van der Waals surface area (Å²) in [6, 6.07) is 10.9. The number of nitrogens with zero attached hydrogens (tertiary/aromatic N) is 4. The number of carbonyl (C=O) groups is 3. The zero-order chi connectivity index (χ0) is 24.4. The third kappa shape index (κ3) is 5.55. The Morgan fingerprint density at radius 2 is 1.63 bits per heavy atom. The van der Waals surface area contributed by atoms with Gasteiger partial charge >= 0.3 is 0 Å². The first-order valence-electron chi connectivity index (χ1n) is 11.7. The average Bonchev–Trinajstić information content (AvgIpc) is 3.39. The molecule has 0 bridgehead atoms. The first-order valence-corrected chi connectivity index (χ1v) is 12.5. The molecule has 186 valence electrons. The van der Waals surface area contributed by atoms with Crippen LogP contribution in [-0.4, -0.2) is 53.8 Å². The Morgan fingerprint density at radius 1 is 1.00 bits per heavy atom. The number of fused-ring (bicyclic) bond motifs is 1. The lowest BCUT2D eigenvalue weighted by Gasteiger charge is -2.25. The number of rotatable bonds is 8. The zero-order valence-electron chi connectivity index (χ0n) is 20.5. The number of hydrogen-bond acceptors (Lipinski definition) is 6. The van der Waals surface area contributed by atoms with Gasteiger partial charge in [0.2, 0.25) is 11.8 Å². The van der Waals surface area contributed by atoms with Crippen molar-refractivity contribution in [3.8, 4) is 0 Å². The van der Waals surface area contributed by atoms with Crippen LogP contribution in [0.15, 0.2) is 36.4 Å². The van der Waals surface area contributed by atoms with Gasteiger partial charge in [0.1, 0.15) is 0 Å². The summed E-state index contributed by atoms with van der Waals surface area (Å²) < 4.78 is 1.06. The Bertz CT molecular complexity index is 1220. The minimum absolute atomic E-state index is 0. The highest BCUT2D eigenvalue weighted by Crippen LogP contribution is 2.33. The number of imide groups is 1. The van der Waals surface area contributed by atoms with E-state index < -0.39 is 0 Å². The zero-order valence-corrected chi connectivity index (χ0v) is 22.2. The van der Waals surface area contributed by atoms with Crippen molar-refractivity contribution in [2.24, 2.45) is 0 Å². The van der Waals surface area contributed by atoms with Crippen molar-refractivity contribution in [1.82, 2.24) is 9.88 Å². The number of hydrogen-bond donors (Lipinski definition) is 0. The predicted molar refractivity (Wildman–Crippen MR) is 144 cm³/mol. The minimum Gasteiger partial charge on any atom is -0.302 e. The minimum atomic E-state index is -0.204. The standard InChI is InChI=1S/C26H30N4O3S.ClH/c1-5-28(6-2)13-14-29(26-27-24-18(4)15-17(3)16-21(24)34-26)25(33)19-7-9-20(10-8-19)30-22(31)11-12-23(30)32;/h7-10,15-16H,5-6,11-14H2,1-4H3;1H. The first kappa shape index (κ1) is 26.8. The number of amides is 3. The van der Waals surface area contributed by atoms with Gasteiger partial charge in [0.25, 0.3) is 5.91 Å². The molecule has 0 spiro atoms. The second kappa shape index (κ2) is 11.3. The summed E-state index contributed by atoms with van der Waals surface area (Å²) in [7, 11) is 0. The van der Waals surface area contributed by atoms with E-state index in [0.29, 0.717) is 22.9 Å². The number of thiazole rings is 1. The summed E-state index contributed by atoms with van der Waals surface area (Å²) in [6.45, 7) is 11.4. The summed E-state index contributed by atoms with van der Waals surface area (Å²) in [5.74, 6) is -0.554. The molecule has 0 N–H and O–H groups in total. The lowest BCUT2D eigenvalue weighted by atomic mass is 10.1. The van der Waals surface area contributed by atoms with Crippen molar-refractivity contribution in [2.45, 2.75) is 40.5 Å². The maximum atomic E-state index is 13.7. The van der Waals surface area contributed by atoms with E-state index in [1.807, 2.05) is 6.92 Å². The molecule has 1 aromatic heterocycles. The summed E-state index contributed by atoms with van der Waals surface area (Å²) >= 11 is 1.53. The molecule has 0 unspecified atom stereocenters. The van der Waals surface area contributed by atoms with E-state index in [4.69, 9.17) is 4.98 Å². The van der Waals surface area contributed by atoms with Crippen LogP contribution >= 0.6 is 23.7 Å². The van der Waals surface area contributed by atoms with Crippen molar-refractivity contribution in [3.05, 3.63) is 53.1 Å². The lowest BCUT2D eigenvalue weighted by Crippen LogP contribution is -2.39. The van der Waals surface area contributed by atoms with E-state index in [2.05, 4.69) is 37.8 Å². The van der Waals surface area contributed by atoms with Crippen LogP contribution in [0.25, 0.3) is 10.2 Å². The molecule has 0 radical (unpaired) electrons. The smallest absolute Gasteiger partial charge is 0.260 e. The Morgan fingerprint density at radius 3 is 2.23 bits per heavy atom. The largest absolute Gasteiger partial charge is 0.302 e. The fourth-order valence-electron chi connectivity index (χ4n) is 4.31. The molecule has 3 aromatic rings. The van der Waals surface area contributed by atoms with Crippen molar-refractivity contribution in [3.63, 3.8) is 0 Å². The fourth-order valence-corrected chi connectivity index (χ4v) is 5.48. The quantitative estimate of drug-likeness (QED) is 0.396. The topological polar surface area (TPSA) is 73.8 Å². The van der Waals surface area contributed by atoms with Gasteiger partial charge in [-0.2, -0.15) is 0 Å². The Kier molecular flexibility index (Phi) is 8.64. The third-order valence-corrected chi connectivity index (χ3v) is 7.28. The van der Waals surface area contributed by atoms with Crippen LogP contribution in [-0.2, 0) is 9.59 Å². The average molecular weight is 515 g/mol. The number of aryl methyl sites for hydroxylation is 2. The molecule has 0 saturated carbocycles. The molecule has 0 atom stereocenters. The van der Waals surface area contributed by atoms with E-state index in [1.54, 1.807) is 29.2 Å². The van der Waals surface area contributed by atoms with Crippen LogP contribution in [0, 0.1) is 13.8 Å². The van der Waals surface area contributed by atoms with Crippen LogP contribution < -0.4 is 9.80 Å². The van der Waals surface area contributed by atoms with Crippen LogP contribution in [0.2, 0.25) is 0 Å². The highest BCUT2D eigenvalue weighted by Gasteiger charge is 2.30. The Labute approximate surface area is 216 Å². The van der Waals surface area contributed by atoms with Crippen molar-refractivity contribution < 1.29 is 14.4 Å². The fraction of sp³-hybridized carbons (Fsp3) is 0.385. The number of anilines is 2. The van der Waals surface area contributed by atoms with Crippen molar-refractivity contribution in [1.29, 1.82) is 0 Å². The molecular weight excluding hydrogens is 484 g/mol. The molecule has 1 saturated heterocycles. The number of halogens is 1. The molecule has 35 heavy (non-hydrogen) atoms. The Hall–Kier alpha value is -2.81. The highest BCUT2D eigenvalue weighted by atomic mass is 35.5. The van der Waals surface area contributed by atoms with Gasteiger partial charge in [0.15, 0.2) is 5.13 Å². The van der Waals surface area contributed by atoms with E-state index in [0.717, 1.165) is 35.4 Å². The summed E-state index contributed by atoms with van der Waals surface area (Å²) in [5.41, 5.74) is 4.19. The number of likely N-dealkylation sites (N-methyl/N-ethyl adjacent to an activating group) is 1. The molecule has 3 amide bonds. The van der Waals surface area contributed by atoms with Gasteiger partial charge in [-0.05, 0) is 68.4 Å². The molecule has 1 aliphatic rings. The number of carbonyl (C=O) groups excluding carboxylic acids is 3. The van der Waals surface area contributed by atoms with Gasteiger partial charge in [-0.15, -0.1) is 12.4 Å². The van der Waals surface area contributed by atoms with Crippen LogP contribution in [0.5, 0.6) is 0 Å². The van der Waals surface area contributed by atoms with E-state index in [1.165, 1.54) is 21.8 Å². The van der Waals surface area contributed by atoms with Gasteiger partial charge in [0.05, 0.1) is 15.9 Å². The molecule has 1 aliphatic heterocycles. The summed E-state index contributed by atoms with van der Waals surface area (Å²) in [6.07, 6.45) is 0.463. The molecule has 2 heterocycles. The van der Waals surface area contributed by atoms with Gasteiger partial charge in [-0.1, -0.05) is 31.3 Å². The molecule has 9 heteroatoms. The van der Waals surface area contributed by atoms with Crippen LogP contribution in [0.3, 0.4) is 0 Å². The second-order valence-electron chi connectivity index (χ2n) is 8.58. The van der Waals surface area contributed by atoms with Gasteiger partial charge < -0.3 is 4.90 Å². The SMILES string of the molecule is CCN(CC)CCN(C(=O)c1ccc(N2C(=O)CCC2=O)cc1)c1nc2c(C)cc(C)cc2s1.Cl. The lowest BCUT2D eigenvalue weighted by molar-refractivity contribution is -0.121. The van der Waals surface area contributed by atoms with Crippen molar-refractivity contribution >= 4 is 62.5 Å². The first-order chi connectivity index (χ1) is 16.3. The van der Waals surface area contributed by atoms with Crippen LogP contribution in [0.1, 0.15) is 48.2 Å². The van der Waals surface area contributed by atoms with Crippen LogP contribution in [0.4, 0.5) is 10.8 Å². The predicted octanol–water partition coefficient (Wildman–Crippen LogP) is 4.98. The summed E-state index contributed by atoms with van der Waals surface area (Å²) in [5, 5.41) is 0.676. The van der Waals surface area contributed by atoms with Gasteiger partial charge in [-0.3, -0.25) is 24.2 Å². The molecular formula is C26H31ClN4O3S. The number of aromatic nitrogens is 1.